The molecule has 0 aliphatic rings. The number of nitrogens with two attached hydrogens (primary N) is 1. The van der Waals surface area contributed by atoms with Crippen LogP contribution in [0.1, 0.15) is 22.8 Å². The number of benzene rings is 2. The van der Waals surface area contributed by atoms with Crippen molar-refractivity contribution in [2.24, 2.45) is 5.73 Å². The van der Waals surface area contributed by atoms with E-state index in [1.807, 2.05) is 30.3 Å². The van der Waals surface area contributed by atoms with Crippen molar-refractivity contribution in [2.45, 2.75) is 19.4 Å². The standard InChI is InChI=1S/C16H16Cl2N2O/c1-10(8-11-2-4-12(17)5-3-11)20-13-6-7-15(18)14(9-13)16(19)21/h2-7,9-10,20H,8H2,1H3,(H2,19,21). The predicted molar refractivity (Wildman–Crippen MR) is 88.2 cm³/mol. The van der Waals surface area contributed by atoms with Gasteiger partial charge in [-0.15, -0.1) is 0 Å². The second-order valence-electron chi connectivity index (χ2n) is 4.93. The molecule has 0 aromatic heterocycles. The summed E-state index contributed by atoms with van der Waals surface area (Å²) >= 11 is 11.8. The molecule has 1 unspecified atom stereocenters. The lowest BCUT2D eigenvalue weighted by molar-refractivity contribution is 0.100. The Labute approximate surface area is 134 Å². The minimum absolute atomic E-state index is 0.188. The summed E-state index contributed by atoms with van der Waals surface area (Å²) in [5, 5.41) is 4.41. The molecule has 21 heavy (non-hydrogen) atoms. The number of hydrogen-bond acceptors (Lipinski definition) is 2. The molecule has 0 bridgehead atoms. The molecule has 2 aromatic carbocycles. The molecule has 0 fully saturated rings. The second-order valence-corrected chi connectivity index (χ2v) is 5.78. The number of anilines is 1. The molecule has 3 nitrogen and oxygen atoms in total. The Morgan fingerprint density at radius 1 is 1.19 bits per heavy atom. The average molecular weight is 323 g/mol. The van der Waals surface area contributed by atoms with Crippen molar-refractivity contribution in [3.8, 4) is 0 Å². The minimum atomic E-state index is -0.533. The highest BCUT2D eigenvalue weighted by Gasteiger charge is 2.09. The number of hydrogen-bond donors (Lipinski definition) is 2. The van der Waals surface area contributed by atoms with Gasteiger partial charge in [-0.05, 0) is 49.2 Å². The van der Waals surface area contributed by atoms with Gasteiger partial charge in [0.25, 0.3) is 0 Å². The lowest BCUT2D eigenvalue weighted by Crippen LogP contribution is -2.19. The minimum Gasteiger partial charge on any atom is -0.382 e. The van der Waals surface area contributed by atoms with Crippen LogP contribution in [0.3, 0.4) is 0 Å². The van der Waals surface area contributed by atoms with Crippen LogP contribution < -0.4 is 11.1 Å². The Morgan fingerprint density at radius 3 is 2.48 bits per heavy atom. The zero-order valence-electron chi connectivity index (χ0n) is 11.6. The van der Waals surface area contributed by atoms with E-state index in [2.05, 4.69) is 12.2 Å². The van der Waals surface area contributed by atoms with Gasteiger partial charge in [0.05, 0.1) is 10.6 Å². The maximum atomic E-state index is 11.3. The van der Waals surface area contributed by atoms with Crippen molar-refractivity contribution < 1.29 is 4.79 Å². The summed E-state index contributed by atoms with van der Waals surface area (Å²) in [6, 6.07) is 13.1. The van der Waals surface area contributed by atoms with E-state index in [-0.39, 0.29) is 6.04 Å². The van der Waals surface area contributed by atoms with Gasteiger partial charge < -0.3 is 11.1 Å². The van der Waals surface area contributed by atoms with Gasteiger partial charge in [0.2, 0.25) is 5.91 Å². The number of nitrogens with one attached hydrogen (secondary N) is 1. The average Bonchev–Trinajstić information content (AvgIpc) is 2.43. The zero-order chi connectivity index (χ0) is 15.4. The topological polar surface area (TPSA) is 55.1 Å². The number of amides is 1. The van der Waals surface area contributed by atoms with Crippen LogP contribution in [0, 0.1) is 0 Å². The molecule has 5 heteroatoms. The van der Waals surface area contributed by atoms with Crippen LogP contribution in [0.5, 0.6) is 0 Å². The first-order valence-electron chi connectivity index (χ1n) is 6.56. The number of halogens is 2. The Bertz CT molecular complexity index is 641. The predicted octanol–water partition coefficient (Wildman–Crippen LogP) is 4.14. The van der Waals surface area contributed by atoms with Gasteiger partial charge >= 0.3 is 0 Å². The van der Waals surface area contributed by atoms with Crippen molar-refractivity contribution in [3.05, 3.63) is 63.6 Å². The maximum absolute atomic E-state index is 11.3. The Kier molecular flexibility index (Phi) is 5.10. The number of primary amides is 1. The van der Waals surface area contributed by atoms with E-state index in [1.54, 1.807) is 12.1 Å². The highest BCUT2D eigenvalue weighted by Crippen LogP contribution is 2.21. The van der Waals surface area contributed by atoms with Crippen LogP contribution in [0.15, 0.2) is 42.5 Å². The fourth-order valence-corrected chi connectivity index (χ4v) is 2.45. The van der Waals surface area contributed by atoms with Crippen LogP contribution in [-0.2, 0) is 6.42 Å². The van der Waals surface area contributed by atoms with E-state index in [0.29, 0.717) is 10.6 Å². The van der Waals surface area contributed by atoms with Crippen LogP contribution in [0.25, 0.3) is 0 Å². The molecular weight excluding hydrogens is 307 g/mol. The highest BCUT2D eigenvalue weighted by atomic mass is 35.5. The fraction of sp³-hybridized carbons (Fsp3) is 0.188. The summed E-state index contributed by atoms with van der Waals surface area (Å²) in [4.78, 5) is 11.3. The quantitative estimate of drug-likeness (QED) is 0.869. The van der Waals surface area contributed by atoms with Gasteiger partial charge in [-0.2, -0.15) is 0 Å². The molecule has 3 N–H and O–H groups in total. The molecule has 110 valence electrons. The van der Waals surface area contributed by atoms with Gasteiger partial charge in [-0.1, -0.05) is 35.3 Å². The lowest BCUT2D eigenvalue weighted by atomic mass is 10.1. The van der Waals surface area contributed by atoms with Crippen molar-refractivity contribution in [3.63, 3.8) is 0 Å². The third-order valence-electron chi connectivity index (χ3n) is 3.10. The molecule has 0 radical (unpaired) electrons. The number of carbonyl (C=O) groups excluding carboxylic acids is 1. The summed E-state index contributed by atoms with van der Waals surface area (Å²) < 4.78 is 0. The van der Waals surface area contributed by atoms with E-state index in [1.165, 1.54) is 5.56 Å². The molecule has 2 rings (SSSR count). The first-order chi connectivity index (χ1) is 9.95. The first kappa shape index (κ1) is 15.7. The van der Waals surface area contributed by atoms with Gasteiger partial charge in [-0.3, -0.25) is 4.79 Å². The normalized spacial score (nSPS) is 12.0. The third kappa shape index (κ3) is 4.38. The van der Waals surface area contributed by atoms with Crippen molar-refractivity contribution in [2.75, 3.05) is 5.32 Å². The molecule has 2 aromatic rings. The van der Waals surface area contributed by atoms with Gasteiger partial charge in [0.15, 0.2) is 0 Å². The maximum Gasteiger partial charge on any atom is 0.250 e. The monoisotopic (exact) mass is 322 g/mol. The van der Waals surface area contributed by atoms with E-state index in [4.69, 9.17) is 28.9 Å². The van der Waals surface area contributed by atoms with Gasteiger partial charge in [0.1, 0.15) is 0 Å². The van der Waals surface area contributed by atoms with Crippen LogP contribution in [0.2, 0.25) is 10.0 Å². The third-order valence-corrected chi connectivity index (χ3v) is 3.68. The molecule has 0 saturated carbocycles. The molecular formula is C16H16Cl2N2O. The first-order valence-corrected chi connectivity index (χ1v) is 7.31. The number of carbonyl (C=O) groups is 1. The van der Waals surface area contributed by atoms with Crippen LogP contribution >= 0.6 is 23.2 Å². The second kappa shape index (κ2) is 6.83. The Morgan fingerprint density at radius 2 is 1.86 bits per heavy atom. The van der Waals surface area contributed by atoms with Gasteiger partial charge in [-0.25, -0.2) is 0 Å². The summed E-state index contributed by atoms with van der Waals surface area (Å²) in [6.07, 6.45) is 0.839. The van der Waals surface area contributed by atoms with Crippen molar-refractivity contribution >= 4 is 34.8 Å². The smallest absolute Gasteiger partial charge is 0.250 e. The SMILES string of the molecule is CC(Cc1ccc(Cl)cc1)Nc1ccc(Cl)c(C(N)=O)c1. The number of rotatable bonds is 5. The van der Waals surface area contributed by atoms with Crippen molar-refractivity contribution in [1.29, 1.82) is 0 Å². The van der Waals surface area contributed by atoms with E-state index in [9.17, 15) is 4.79 Å². The fourth-order valence-electron chi connectivity index (χ4n) is 2.11. The summed E-state index contributed by atoms with van der Waals surface area (Å²) in [5.41, 5.74) is 7.61. The lowest BCUT2D eigenvalue weighted by Gasteiger charge is -2.16. The molecule has 0 heterocycles. The van der Waals surface area contributed by atoms with Crippen LogP contribution in [0.4, 0.5) is 5.69 Å². The molecule has 0 spiro atoms. The van der Waals surface area contributed by atoms with E-state index < -0.39 is 5.91 Å². The summed E-state index contributed by atoms with van der Waals surface area (Å²) in [5.74, 6) is -0.533. The molecule has 1 amide bonds. The van der Waals surface area contributed by atoms with E-state index >= 15 is 0 Å². The Hall–Kier alpha value is -1.71. The molecule has 0 aliphatic heterocycles. The van der Waals surface area contributed by atoms with Crippen LogP contribution in [-0.4, -0.2) is 11.9 Å². The summed E-state index contributed by atoms with van der Waals surface area (Å²) in [7, 11) is 0. The Balaban J connectivity index is 2.05. The molecule has 1 atom stereocenters. The summed E-state index contributed by atoms with van der Waals surface area (Å²) in [6.45, 7) is 2.06. The molecule has 0 aliphatic carbocycles. The zero-order valence-corrected chi connectivity index (χ0v) is 13.1. The molecule has 0 saturated heterocycles. The largest absolute Gasteiger partial charge is 0.382 e. The van der Waals surface area contributed by atoms with Crippen molar-refractivity contribution in [1.82, 2.24) is 0 Å². The highest BCUT2D eigenvalue weighted by molar-refractivity contribution is 6.33. The van der Waals surface area contributed by atoms with E-state index in [0.717, 1.165) is 17.1 Å². The van der Waals surface area contributed by atoms with Gasteiger partial charge in [0, 0.05) is 16.8 Å².